The summed E-state index contributed by atoms with van der Waals surface area (Å²) in [7, 11) is 2.20. The Bertz CT molecular complexity index is 786. The van der Waals surface area contributed by atoms with E-state index in [1.807, 2.05) is 0 Å². The molecule has 0 saturated heterocycles. The molecule has 0 amide bonds. The Morgan fingerprint density at radius 3 is 2.48 bits per heavy atom. The average molecular weight is 276 g/mol. The maximum atomic E-state index is 2.52. The molecule has 21 heavy (non-hydrogen) atoms. The second kappa shape index (κ2) is 4.66. The highest BCUT2D eigenvalue weighted by molar-refractivity contribution is 5.86. The minimum absolute atomic E-state index is 0.411. The number of hydrogen-bond donors (Lipinski definition) is 0. The number of nitrogens with zero attached hydrogens (tertiary/aromatic N) is 2. The molecule has 1 aliphatic rings. The van der Waals surface area contributed by atoms with Gasteiger partial charge in [-0.15, -0.1) is 0 Å². The van der Waals surface area contributed by atoms with Crippen molar-refractivity contribution in [1.82, 2.24) is 4.57 Å². The molecule has 3 aromatic rings. The molecule has 2 aromatic carbocycles. The molecule has 0 fully saturated rings. The Hall–Kier alpha value is -2.22. The van der Waals surface area contributed by atoms with Gasteiger partial charge in [-0.2, -0.15) is 0 Å². The molecule has 2 heterocycles. The molecule has 106 valence electrons. The van der Waals surface area contributed by atoms with E-state index in [0.29, 0.717) is 6.04 Å². The highest BCUT2D eigenvalue weighted by atomic mass is 15.2. The van der Waals surface area contributed by atoms with Crippen LogP contribution in [0, 0.1) is 0 Å². The quantitative estimate of drug-likeness (QED) is 0.643. The topological polar surface area (TPSA) is 8.17 Å². The number of para-hydroxylation sites is 2. The van der Waals surface area contributed by atoms with Crippen molar-refractivity contribution in [1.29, 1.82) is 0 Å². The van der Waals surface area contributed by atoms with Gasteiger partial charge in [0, 0.05) is 35.9 Å². The van der Waals surface area contributed by atoms with Crippen molar-refractivity contribution in [2.45, 2.75) is 19.4 Å². The van der Waals surface area contributed by atoms with Gasteiger partial charge in [-0.1, -0.05) is 36.4 Å². The second-order valence-electron chi connectivity index (χ2n) is 5.89. The van der Waals surface area contributed by atoms with Gasteiger partial charge in [-0.3, -0.25) is 0 Å². The zero-order valence-electron chi connectivity index (χ0n) is 12.6. The third-order valence-corrected chi connectivity index (χ3v) is 4.81. The van der Waals surface area contributed by atoms with Gasteiger partial charge in [0.15, 0.2) is 0 Å². The lowest BCUT2D eigenvalue weighted by Gasteiger charge is -2.36. The average Bonchev–Trinajstić information content (AvgIpc) is 2.83. The Labute approximate surface area is 125 Å². The fourth-order valence-corrected chi connectivity index (χ4v) is 3.83. The molecular formula is C19H20N2. The standard InChI is InChI=1S/C19H20N2/c1-14-19-17(16-10-6-7-11-18(16)20(19)2)12-13-21(14)15-8-4-3-5-9-15/h3-11,14H,12-13H2,1-2H3. The number of rotatable bonds is 1. The largest absolute Gasteiger partial charge is 0.363 e. The number of aryl methyl sites for hydroxylation is 1. The van der Waals surface area contributed by atoms with Gasteiger partial charge in [-0.05, 0) is 37.1 Å². The molecule has 4 rings (SSSR count). The minimum Gasteiger partial charge on any atom is -0.363 e. The number of hydrogen-bond acceptors (Lipinski definition) is 1. The first-order chi connectivity index (χ1) is 10.3. The lowest BCUT2D eigenvalue weighted by atomic mass is 9.97. The Kier molecular flexibility index (Phi) is 2.78. The van der Waals surface area contributed by atoms with E-state index in [9.17, 15) is 0 Å². The summed E-state index contributed by atoms with van der Waals surface area (Å²) in [5.41, 5.74) is 5.67. The Morgan fingerprint density at radius 2 is 1.67 bits per heavy atom. The zero-order valence-corrected chi connectivity index (χ0v) is 12.6. The van der Waals surface area contributed by atoms with Crippen molar-refractivity contribution in [3.05, 3.63) is 65.9 Å². The van der Waals surface area contributed by atoms with Crippen LogP contribution in [-0.4, -0.2) is 11.1 Å². The Morgan fingerprint density at radius 1 is 0.952 bits per heavy atom. The van der Waals surface area contributed by atoms with Gasteiger partial charge < -0.3 is 9.47 Å². The smallest absolute Gasteiger partial charge is 0.0668 e. The van der Waals surface area contributed by atoms with Crippen molar-refractivity contribution in [3.63, 3.8) is 0 Å². The maximum absolute atomic E-state index is 2.52. The third kappa shape index (κ3) is 1.79. The summed E-state index contributed by atoms with van der Waals surface area (Å²) in [6, 6.07) is 19.9. The lowest BCUT2D eigenvalue weighted by Crippen LogP contribution is -2.34. The molecule has 1 unspecified atom stereocenters. The molecule has 0 bridgehead atoms. The number of anilines is 1. The predicted octanol–water partition coefficient (Wildman–Crippen LogP) is 4.30. The number of benzene rings is 2. The van der Waals surface area contributed by atoms with E-state index in [2.05, 4.69) is 78.0 Å². The molecule has 0 radical (unpaired) electrons. The first-order valence-corrected chi connectivity index (χ1v) is 7.65. The van der Waals surface area contributed by atoms with Crippen LogP contribution in [0.15, 0.2) is 54.6 Å². The molecular weight excluding hydrogens is 256 g/mol. The fourth-order valence-electron chi connectivity index (χ4n) is 3.83. The minimum atomic E-state index is 0.411. The summed E-state index contributed by atoms with van der Waals surface area (Å²) >= 11 is 0. The fraction of sp³-hybridized carbons (Fsp3) is 0.263. The molecule has 0 saturated carbocycles. The van der Waals surface area contributed by atoms with E-state index < -0.39 is 0 Å². The zero-order chi connectivity index (χ0) is 14.4. The van der Waals surface area contributed by atoms with Crippen LogP contribution in [0.1, 0.15) is 24.2 Å². The normalized spacial score (nSPS) is 18.0. The highest BCUT2D eigenvalue weighted by Crippen LogP contribution is 2.38. The number of aromatic nitrogens is 1. The van der Waals surface area contributed by atoms with Crippen molar-refractivity contribution >= 4 is 16.6 Å². The summed E-state index contributed by atoms with van der Waals surface area (Å²) in [4.78, 5) is 2.52. The monoisotopic (exact) mass is 276 g/mol. The molecule has 0 aliphatic carbocycles. The van der Waals surface area contributed by atoms with Crippen LogP contribution in [0.4, 0.5) is 5.69 Å². The van der Waals surface area contributed by atoms with E-state index in [4.69, 9.17) is 0 Å². The van der Waals surface area contributed by atoms with Crippen LogP contribution in [-0.2, 0) is 13.5 Å². The molecule has 1 aliphatic heterocycles. The summed E-state index contributed by atoms with van der Waals surface area (Å²) in [6.07, 6.45) is 1.12. The maximum Gasteiger partial charge on any atom is 0.0668 e. The van der Waals surface area contributed by atoms with Gasteiger partial charge in [0.1, 0.15) is 0 Å². The predicted molar refractivity (Wildman–Crippen MR) is 88.8 cm³/mol. The van der Waals surface area contributed by atoms with Crippen molar-refractivity contribution in [3.8, 4) is 0 Å². The first kappa shape index (κ1) is 12.5. The Balaban J connectivity index is 1.87. The van der Waals surface area contributed by atoms with Gasteiger partial charge in [0.05, 0.1) is 6.04 Å². The highest BCUT2D eigenvalue weighted by Gasteiger charge is 2.28. The SMILES string of the molecule is CC1c2c(c3ccccc3n2C)CCN1c1ccccc1. The molecule has 2 heteroatoms. The van der Waals surface area contributed by atoms with E-state index in [0.717, 1.165) is 13.0 Å². The number of fused-ring (bicyclic) bond motifs is 3. The van der Waals surface area contributed by atoms with Gasteiger partial charge in [0.2, 0.25) is 0 Å². The van der Waals surface area contributed by atoms with E-state index in [1.54, 1.807) is 0 Å². The molecule has 1 aromatic heterocycles. The molecule has 0 spiro atoms. The van der Waals surface area contributed by atoms with Crippen LogP contribution in [0.3, 0.4) is 0 Å². The van der Waals surface area contributed by atoms with Crippen LogP contribution in [0.25, 0.3) is 10.9 Å². The van der Waals surface area contributed by atoms with Crippen molar-refractivity contribution < 1.29 is 0 Å². The molecule has 1 atom stereocenters. The summed E-state index contributed by atoms with van der Waals surface area (Å²) in [5, 5.41) is 1.43. The van der Waals surface area contributed by atoms with Crippen LogP contribution < -0.4 is 4.90 Å². The summed E-state index contributed by atoms with van der Waals surface area (Å²) in [6.45, 7) is 3.41. The molecule has 2 nitrogen and oxygen atoms in total. The third-order valence-electron chi connectivity index (χ3n) is 4.81. The lowest BCUT2D eigenvalue weighted by molar-refractivity contribution is 0.590. The van der Waals surface area contributed by atoms with E-state index >= 15 is 0 Å². The van der Waals surface area contributed by atoms with Crippen molar-refractivity contribution in [2.75, 3.05) is 11.4 Å². The van der Waals surface area contributed by atoms with Gasteiger partial charge in [-0.25, -0.2) is 0 Å². The van der Waals surface area contributed by atoms with Crippen LogP contribution in [0.2, 0.25) is 0 Å². The van der Waals surface area contributed by atoms with Crippen molar-refractivity contribution in [2.24, 2.45) is 7.05 Å². The second-order valence-corrected chi connectivity index (χ2v) is 5.89. The first-order valence-electron chi connectivity index (χ1n) is 7.65. The van der Waals surface area contributed by atoms with Crippen LogP contribution in [0.5, 0.6) is 0 Å². The van der Waals surface area contributed by atoms with Gasteiger partial charge >= 0.3 is 0 Å². The summed E-state index contributed by atoms with van der Waals surface area (Å²) < 4.78 is 2.38. The van der Waals surface area contributed by atoms with E-state index in [1.165, 1.54) is 27.8 Å². The summed E-state index contributed by atoms with van der Waals surface area (Å²) in [5.74, 6) is 0. The molecule has 0 N–H and O–H groups in total. The van der Waals surface area contributed by atoms with Crippen LogP contribution >= 0.6 is 0 Å². The van der Waals surface area contributed by atoms with E-state index in [-0.39, 0.29) is 0 Å². The van der Waals surface area contributed by atoms with Gasteiger partial charge in [0.25, 0.3) is 0 Å².